The third kappa shape index (κ3) is 2.56. The molecule has 5 nitrogen and oxygen atoms in total. The minimum absolute atomic E-state index is 0.0828. The summed E-state index contributed by atoms with van der Waals surface area (Å²) in [6.07, 6.45) is 6.51. The molecular weight excluding hydrogens is 362 g/mol. The van der Waals surface area contributed by atoms with E-state index in [1.807, 2.05) is 24.3 Å². The fraction of sp³-hybridized carbons (Fsp3) is 0. The van der Waals surface area contributed by atoms with Crippen LogP contribution < -0.4 is 0 Å². The van der Waals surface area contributed by atoms with Crippen LogP contribution in [0.25, 0.3) is 44.7 Å². The van der Waals surface area contributed by atoms with Crippen molar-refractivity contribution in [1.82, 2.24) is 20.1 Å². The number of benzene rings is 1. The van der Waals surface area contributed by atoms with E-state index >= 15 is 0 Å². The van der Waals surface area contributed by atoms with Gasteiger partial charge in [0, 0.05) is 40.7 Å². The molecule has 28 heavy (non-hydrogen) atoms. The quantitative estimate of drug-likeness (QED) is 0.470. The van der Waals surface area contributed by atoms with Crippen molar-refractivity contribution >= 4 is 11.0 Å². The molecule has 5 aromatic rings. The summed E-state index contributed by atoms with van der Waals surface area (Å²) in [7, 11) is 0. The maximum atomic E-state index is 14.3. The normalized spacial score (nSPS) is 11.2. The van der Waals surface area contributed by atoms with E-state index in [1.54, 1.807) is 18.6 Å². The van der Waals surface area contributed by atoms with Gasteiger partial charge >= 0.3 is 0 Å². The van der Waals surface area contributed by atoms with Gasteiger partial charge < -0.3 is 9.51 Å². The molecule has 5 rings (SSSR count). The number of pyridine rings is 2. The molecule has 0 radical (unpaired) electrons. The molecule has 0 unspecified atom stereocenters. The molecule has 0 amide bonds. The summed E-state index contributed by atoms with van der Waals surface area (Å²) in [5, 5.41) is 4.56. The molecule has 0 spiro atoms. The highest BCUT2D eigenvalue weighted by Gasteiger charge is 2.21. The lowest BCUT2D eigenvalue weighted by atomic mass is 10.0. The summed E-state index contributed by atoms with van der Waals surface area (Å²) < 4.78 is 33.4. The first-order chi connectivity index (χ1) is 13.7. The molecule has 0 atom stereocenters. The van der Waals surface area contributed by atoms with Crippen LogP contribution in [-0.2, 0) is 0 Å². The van der Waals surface area contributed by atoms with Crippen LogP contribution in [-0.4, -0.2) is 20.1 Å². The molecule has 0 bridgehead atoms. The van der Waals surface area contributed by atoms with Crippen LogP contribution in [0.4, 0.5) is 8.78 Å². The second kappa shape index (κ2) is 6.38. The molecule has 0 aliphatic rings. The molecule has 0 fully saturated rings. The lowest BCUT2D eigenvalue weighted by molar-refractivity contribution is 0.432. The van der Waals surface area contributed by atoms with Gasteiger partial charge in [-0.1, -0.05) is 23.4 Å². The van der Waals surface area contributed by atoms with Gasteiger partial charge in [0.25, 0.3) is 0 Å². The zero-order valence-corrected chi connectivity index (χ0v) is 14.4. The molecule has 4 aromatic heterocycles. The molecule has 4 heterocycles. The van der Waals surface area contributed by atoms with Crippen LogP contribution in [0.15, 0.2) is 71.8 Å². The van der Waals surface area contributed by atoms with E-state index in [0.717, 1.165) is 22.7 Å². The van der Waals surface area contributed by atoms with Gasteiger partial charge in [-0.25, -0.2) is 13.8 Å². The van der Waals surface area contributed by atoms with Gasteiger partial charge in [0.15, 0.2) is 17.4 Å². The van der Waals surface area contributed by atoms with Crippen molar-refractivity contribution < 1.29 is 13.3 Å². The topological polar surface area (TPSA) is 67.6 Å². The van der Waals surface area contributed by atoms with Gasteiger partial charge in [0.05, 0.1) is 17.5 Å². The third-order valence-corrected chi connectivity index (χ3v) is 4.55. The van der Waals surface area contributed by atoms with E-state index in [1.165, 1.54) is 18.3 Å². The number of hydrogen-bond donors (Lipinski definition) is 1. The number of hydrogen-bond acceptors (Lipinski definition) is 4. The van der Waals surface area contributed by atoms with Crippen LogP contribution in [0, 0.1) is 11.6 Å². The summed E-state index contributed by atoms with van der Waals surface area (Å²) in [6, 6.07) is 11.5. The van der Waals surface area contributed by atoms with E-state index in [-0.39, 0.29) is 5.56 Å². The number of aromatic nitrogens is 4. The number of H-pyrrole nitrogens is 1. The van der Waals surface area contributed by atoms with Crippen molar-refractivity contribution in [3.8, 4) is 33.7 Å². The van der Waals surface area contributed by atoms with Crippen molar-refractivity contribution in [2.24, 2.45) is 0 Å². The van der Waals surface area contributed by atoms with Crippen molar-refractivity contribution in [3.05, 3.63) is 78.9 Å². The first kappa shape index (κ1) is 16.3. The number of rotatable bonds is 3. The molecule has 1 aromatic carbocycles. The molecular formula is C21H12F2N4O. The zero-order valence-electron chi connectivity index (χ0n) is 14.4. The molecule has 0 saturated heterocycles. The fourth-order valence-corrected chi connectivity index (χ4v) is 3.20. The highest BCUT2D eigenvalue weighted by atomic mass is 19.2. The maximum absolute atomic E-state index is 14.3. The Hall–Kier alpha value is -3.87. The Morgan fingerprint density at radius 2 is 1.82 bits per heavy atom. The van der Waals surface area contributed by atoms with Crippen LogP contribution in [0.2, 0.25) is 0 Å². The molecule has 0 aliphatic carbocycles. The Bertz CT molecular complexity index is 1290. The summed E-state index contributed by atoms with van der Waals surface area (Å²) in [6.45, 7) is 0. The first-order valence-corrected chi connectivity index (χ1v) is 8.50. The van der Waals surface area contributed by atoms with Gasteiger partial charge in [0.1, 0.15) is 5.65 Å². The van der Waals surface area contributed by atoms with E-state index in [4.69, 9.17) is 4.52 Å². The number of fused-ring (bicyclic) bond motifs is 1. The van der Waals surface area contributed by atoms with Crippen LogP contribution in [0.3, 0.4) is 0 Å². The van der Waals surface area contributed by atoms with Crippen LogP contribution in [0.5, 0.6) is 0 Å². The Morgan fingerprint density at radius 3 is 2.68 bits per heavy atom. The smallest absolute Gasteiger partial charge is 0.176 e. The number of halogens is 2. The number of nitrogens with zero attached hydrogens (tertiary/aromatic N) is 3. The second-order valence-electron chi connectivity index (χ2n) is 6.21. The lowest BCUT2D eigenvalue weighted by Crippen LogP contribution is -1.89. The SMILES string of the molecule is Fc1cccc(-c2cnoc2-c2c[nH]c3ncc(-c4ccccn4)cc23)c1F. The van der Waals surface area contributed by atoms with Gasteiger partial charge in [0.2, 0.25) is 0 Å². The Morgan fingerprint density at radius 1 is 0.893 bits per heavy atom. The lowest BCUT2D eigenvalue weighted by Gasteiger charge is -2.04. The Balaban J connectivity index is 1.69. The average molecular weight is 374 g/mol. The van der Waals surface area contributed by atoms with E-state index in [2.05, 4.69) is 20.1 Å². The summed E-state index contributed by atoms with van der Waals surface area (Å²) in [5.41, 5.74) is 3.33. The van der Waals surface area contributed by atoms with Crippen molar-refractivity contribution in [3.63, 3.8) is 0 Å². The van der Waals surface area contributed by atoms with Crippen LogP contribution in [0.1, 0.15) is 0 Å². The number of aromatic amines is 1. The van der Waals surface area contributed by atoms with Gasteiger partial charge in [-0.2, -0.15) is 0 Å². The maximum Gasteiger partial charge on any atom is 0.176 e. The molecule has 136 valence electrons. The first-order valence-electron chi connectivity index (χ1n) is 8.50. The average Bonchev–Trinajstić information content (AvgIpc) is 3.37. The van der Waals surface area contributed by atoms with Gasteiger partial charge in [-0.05, 0) is 24.3 Å². The Labute approximate surface area is 157 Å². The molecule has 7 heteroatoms. The van der Waals surface area contributed by atoms with Crippen molar-refractivity contribution in [1.29, 1.82) is 0 Å². The van der Waals surface area contributed by atoms with Gasteiger partial charge in [-0.15, -0.1) is 0 Å². The van der Waals surface area contributed by atoms with E-state index < -0.39 is 11.6 Å². The zero-order chi connectivity index (χ0) is 19.1. The third-order valence-electron chi connectivity index (χ3n) is 4.55. The predicted octanol–water partition coefficient (Wildman–Crippen LogP) is 5.23. The Kier molecular flexibility index (Phi) is 3.72. The minimum atomic E-state index is -0.945. The predicted molar refractivity (Wildman–Crippen MR) is 100 cm³/mol. The standard InChI is InChI=1S/C21H12F2N4O/c22-17-5-3-4-13(19(17)23)16-11-27-28-20(16)15-10-26-21-14(15)8-12(9-25-21)18-6-1-2-7-24-18/h1-11H,(H,25,26). The monoisotopic (exact) mass is 374 g/mol. The van der Waals surface area contributed by atoms with Crippen molar-refractivity contribution in [2.75, 3.05) is 0 Å². The van der Waals surface area contributed by atoms with Crippen LogP contribution >= 0.6 is 0 Å². The molecule has 0 saturated carbocycles. The summed E-state index contributed by atoms with van der Waals surface area (Å²) in [5.74, 6) is -1.54. The van der Waals surface area contributed by atoms with Gasteiger partial charge in [-0.3, -0.25) is 4.98 Å². The summed E-state index contributed by atoms with van der Waals surface area (Å²) >= 11 is 0. The fourth-order valence-electron chi connectivity index (χ4n) is 3.20. The van der Waals surface area contributed by atoms with E-state index in [9.17, 15) is 8.78 Å². The van der Waals surface area contributed by atoms with E-state index in [0.29, 0.717) is 22.5 Å². The summed E-state index contributed by atoms with van der Waals surface area (Å²) in [4.78, 5) is 11.8. The highest BCUT2D eigenvalue weighted by molar-refractivity contribution is 5.97. The molecule has 1 N–H and O–H groups in total. The van der Waals surface area contributed by atoms with Crippen molar-refractivity contribution in [2.45, 2.75) is 0 Å². The number of nitrogens with one attached hydrogen (secondary N) is 1. The minimum Gasteiger partial charge on any atom is -0.356 e. The molecule has 0 aliphatic heterocycles. The second-order valence-corrected chi connectivity index (χ2v) is 6.21. The highest BCUT2D eigenvalue weighted by Crippen LogP contribution is 2.38. The largest absolute Gasteiger partial charge is 0.356 e.